The molecule has 0 fully saturated rings. The molecule has 0 unspecified atom stereocenters. The van der Waals surface area contributed by atoms with Crippen molar-refractivity contribution in [3.05, 3.63) is 11.6 Å². The molecule has 0 saturated heterocycles. The first-order chi connectivity index (χ1) is 4.31. The number of nitrogens with one attached hydrogen (secondary N) is 1. The average Bonchev–Trinajstić information content (AvgIpc) is 1.89. The molecule has 0 aromatic rings. The van der Waals surface area contributed by atoms with Gasteiger partial charge >= 0.3 is 0 Å². The summed E-state index contributed by atoms with van der Waals surface area (Å²) in [5, 5.41) is 3.32. The van der Waals surface area contributed by atoms with Crippen LogP contribution in [0.2, 0.25) is 0 Å². The summed E-state index contributed by atoms with van der Waals surface area (Å²) in [6.07, 6.45) is 3.36. The molecule has 0 bridgehead atoms. The molecule has 0 aromatic heterocycles. The third-order valence-electron chi connectivity index (χ3n) is 1.32. The van der Waals surface area contributed by atoms with Gasteiger partial charge in [0.25, 0.3) is 0 Å². The number of rotatable bonds is 4. The average molecular weight is 127 g/mol. The lowest BCUT2D eigenvalue weighted by Crippen LogP contribution is -2.16. The van der Waals surface area contributed by atoms with E-state index in [1.165, 1.54) is 12.0 Å². The second-order valence-electron chi connectivity index (χ2n) is 2.31. The van der Waals surface area contributed by atoms with Crippen LogP contribution in [0.4, 0.5) is 0 Å². The van der Waals surface area contributed by atoms with E-state index in [4.69, 9.17) is 0 Å². The van der Waals surface area contributed by atoms with E-state index < -0.39 is 0 Å². The number of allylic oxidation sites excluding steroid dienone is 1. The van der Waals surface area contributed by atoms with Crippen LogP contribution in [-0.2, 0) is 0 Å². The van der Waals surface area contributed by atoms with E-state index in [0.29, 0.717) is 0 Å². The maximum atomic E-state index is 3.32. The highest BCUT2D eigenvalue weighted by Crippen LogP contribution is 1.86. The Morgan fingerprint density at radius 2 is 2.22 bits per heavy atom. The minimum atomic E-state index is 1.05. The third kappa shape index (κ3) is 5.57. The van der Waals surface area contributed by atoms with E-state index in [1.807, 2.05) is 0 Å². The molecule has 0 rings (SSSR count). The van der Waals surface area contributed by atoms with Crippen LogP contribution in [0.3, 0.4) is 0 Å². The van der Waals surface area contributed by atoms with Crippen LogP contribution < -0.4 is 5.32 Å². The summed E-state index contributed by atoms with van der Waals surface area (Å²) < 4.78 is 0. The van der Waals surface area contributed by atoms with Crippen LogP contribution in [0, 0.1) is 0 Å². The van der Waals surface area contributed by atoms with Crippen LogP contribution in [0.15, 0.2) is 11.6 Å². The molecule has 0 saturated carbocycles. The van der Waals surface area contributed by atoms with Gasteiger partial charge in [-0.05, 0) is 26.8 Å². The normalized spacial score (nSPS) is 12.1. The van der Waals surface area contributed by atoms with Crippen LogP contribution >= 0.6 is 0 Å². The first kappa shape index (κ1) is 8.70. The minimum absolute atomic E-state index is 1.05. The van der Waals surface area contributed by atoms with E-state index in [-0.39, 0.29) is 0 Å². The molecule has 0 aliphatic heterocycles. The SMILES string of the molecule is CC=C(C)CNCCC. The Balaban J connectivity index is 3.07. The van der Waals surface area contributed by atoms with Crippen molar-refractivity contribution < 1.29 is 0 Å². The molecule has 1 heteroatoms. The van der Waals surface area contributed by atoms with Gasteiger partial charge in [-0.2, -0.15) is 0 Å². The van der Waals surface area contributed by atoms with Crippen molar-refractivity contribution in [1.29, 1.82) is 0 Å². The fraction of sp³-hybridized carbons (Fsp3) is 0.750. The molecule has 0 aliphatic rings. The first-order valence-electron chi connectivity index (χ1n) is 3.63. The van der Waals surface area contributed by atoms with Gasteiger partial charge in [0.2, 0.25) is 0 Å². The topological polar surface area (TPSA) is 12.0 Å². The van der Waals surface area contributed by atoms with Gasteiger partial charge < -0.3 is 5.32 Å². The Morgan fingerprint density at radius 1 is 1.56 bits per heavy atom. The summed E-state index contributed by atoms with van der Waals surface area (Å²) in [5.74, 6) is 0. The van der Waals surface area contributed by atoms with Crippen molar-refractivity contribution in [3.63, 3.8) is 0 Å². The zero-order valence-electron chi connectivity index (χ0n) is 6.70. The van der Waals surface area contributed by atoms with Gasteiger partial charge in [0, 0.05) is 6.54 Å². The van der Waals surface area contributed by atoms with Crippen molar-refractivity contribution in [1.82, 2.24) is 5.32 Å². The molecular formula is C8H17N. The fourth-order valence-electron chi connectivity index (χ4n) is 0.564. The highest BCUT2D eigenvalue weighted by molar-refractivity contribution is 4.97. The van der Waals surface area contributed by atoms with Crippen molar-refractivity contribution in [3.8, 4) is 0 Å². The lowest BCUT2D eigenvalue weighted by molar-refractivity contribution is 0.713. The van der Waals surface area contributed by atoms with Gasteiger partial charge in [-0.3, -0.25) is 0 Å². The summed E-state index contributed by atoms with van der Waals surface area (Å²) in [7, 11) is 0. The van der Waals surface area contributed by atoms with Crippen LogP contribution in [-0.4, -0.2) is 13.1 Å². The number of hydrogen-bond acceptors (Lipinski definition) is 1. The zero-order valence-corrected chi connectivity index (χ0v) is 6.70. The monoisotopic (exact) mass is 127 g/mol. The predicted molar refractivity (Wildman–Crippen MR) is 42.6 cm³/mol. The van der Waals surface area contributed by atoms with Gasteiger partial charge in [-0.15, -0.1) is 0 Å². The van der Waals surface area contributed by atoms with E-state index in [0.717, 1.165) is 13.1 Å². The molecule has 0 spiro atoms. The van der Waals surface area contributed by atoms with E-state index in [2.05, 4.69) is 32.2 Å². The summed E-state index contributed by atoms with van der Waals surface area (Å²) >= 11 is 0. The summed E-state index contributed by atoms with van der Waals surface area (Å²) in [5.41, 5.74) is 1.42. The van der Waals surface area contributed by atoms with E-state index in [1.54, 1.807) is 0 Å². The zero-order chi connectivity index (χ0) is 7.11. The molecule has 9 heavy (non-hydrogen) atoms. The summed E-state index contributed by atoms with van der Waals surface area (Å²) in [6.45, 7) is 8.57. The minimum Gasteiger partial charge on any atom is -0.313 e. The van der Waals surface area contributed by atoms with Crippen molar-refractivity contribution >= 4 is 0 Å². The largest absolute Gasteiger partial charge is 0.313 e. The Labute approximate surface area is 58.2 Å². The maximum absolute atomic E-state index is 3.32. The Bertz CT molecular complexity index is 84.6. The highest BCUT2D eigenvalue weighted by atomic mass is 14.8. The molecule has 0 aromatic carbocycles. The smallest absolute Gasteiger partial charge is 0.0161 e. The van der Waals surface area contributed by atoms with Gasteiger partial charge in [0.05, 0.1) is 0 Å². The van der Waals surface area contributed by atoms with Crippen molar-refractivity contribution in [2.45, 2.75) is 27.2 Å². The molecule has 0 amide bonds. The molecule has 0 radical (unpaired) electrons. The molecule has 54 valence electrons. The third-order valence-corrected chi connectivity index (χ3v) is 1.32. The molecule has 1 N–H and O–H groups in total. The second-order valence-corrected chi connectivity index (χ2v) is 2.31. The molecular weight excluding hydrogens is 110 g/mol. The lowest BCUT2D eigenvalue weighted by atomic mass is 10.3. The fourth-order valence-corrected chi connectivity index (χ4v) is 0.564. The van der Waals surface area contributed by atoms with Crippen LogP contribution in [0.25, 0.3) is 0 Å². The maximum Gasteiger partial charge on any atom is 0.0161 e. The Kier molecular flexibility index (Phi) is 5.64. The molecule has 0 heterocycles. The predicted octanol–water partition coefficient (Wildman–Crippen LogP) is 1.95. The van der Waals surface area contributed by atoms with Crippen LogP contribution in [0.5, 0.6) is 0 Å². The highest BCUT2D eigenvalue weighted by Gasteiger charge is 1.84. The molecule has 0 atom stereocenters. The van der Waals surface area contributed by atoms with Gasteiger partial charge in [0.15, 0.2) is 0 Å². The Hall–Kier alpha value is -0.300. The molecule has 1 nitrogen and oxygen atoms in total. The van der Waals surface area contributed by atoms with Gasteiger partial charge in [-0.25, -0.2) is 0 Å². The summed E-state index contributed by atoms with van der Waals surface area (Å²) in [4.78, 5) is 0. The quantitative estimate of drug-likeness (QED) is 0.449. The Morgan fingerprint density at radius 3 is 2.67 bits per heavy atom. The standard InChI is InChI=1S/C8H17N/c1-4-6-9-7-8(3)5-2/h5,9H,4,6-7H2,1-3H3. The van der Waals surface area contributed by atoms with Gasteiger partial charge in [-0.1, -0.05) is 18.6 Å². The van der Waals surface area contributed by atoms with Gasteiger partial charge in [0.1, 0.15) is 0 Å². The van der Waals surface area contributed by atoms with E-state index >= 15 is 0 Å². The first-order valence-corrected chi connectivity index (χ1v) is 3.63. The number of hydrogen-bond donors (Lipinski definition) is 1. The van der Waals surface area contributed by atoms with Crippen LogP contribution in [0.1, 0.15) is 27.2 Å². The van der Waals surface area contributed by atoms with Crippen molar-refractivity contribution in [2.24, 2.45) is 0 Å². The summed E-state index contributed by atoms with van der Waals surface area (Å²) in [6, 6.07) is 0. The second kappa shape index (κ2) is 5.83. The lowest BCUT2D eigenvalue weighted by Gasteiger charge is -2.00. The van der Waals surface area contributed by atoms with Crippen molar-refractivity contribution in [2.75, 3.05) is 13.1 Å². The van der Waals surface area contributed by atoms with E-state index in [9.17, 15) is 0 Å². The molecule has 0 aliphatic carbocycles.